The number of hydrogen-bond donors (Lipinski definition) is 1. The molecule has 0 spiro atoms. The van der Waals surface area contributed by atoms with Gasteiger partial charge >= 0.3 is 5.97 Å². The SMILES string of the molecule is O=NN(CCCC(=O)O)CCc1ccccc1. The Hall–Kier alpha value is -1.91. The normalized spacial score (nSPS) is 9.88. The molecule has 0 saturated carbocycles. The minimum Gasteiger partial charge on any atom is -0.481 e. The number of nitrogens with zero attached hydrogens (tertiary/aromatic N) is 2. The number of rotatable bonds is 8. The standard InChI is InChI=1S/C12H16N2O3/c15-12(16)7-4-9-14(13-17)10-8-11-5-2-1-3-6-11/h1-3,5-6H,4,7-10H2,(H,15,16). The second-order valence-corrected chi connectivity index (χ2v) is 3.77. The Labute approximate surface area is 100 Å². The van der Waals surface area contributed by atoms with Crippen LogP contribution in [0.4, 0.5) is 0 Å². The van der Waals surface area contributed by atoms with E-state index < -0.39 is 5.97 Å². The summed E-state index contributed by atoms with van der Waals surface area (Å²) in [7, 11) is 0. The summed E-state index contributed by atoms with van der Waals surface area (Å²) in [5.74, 6) is -0.848. The van der Waals surface area contributed by atoms with Gasteiger partial charge in [-0.2, -0.15) is 0 Å². The first-order valence-corrected chi connectivity index (χ1v) is 5.56. The molecule has 0 aliphatic heterocycles. The van der Waals surface area contributed by atoms with Gasteiger partial charge in [0.25, 0.3) is 0 Å². The summed E-state index contributed by atoms with van der Waals surface area (Å²) in [6, 6.07) is 9.80. The Morgan fingerprint density at radius 2 is 1.94 bits per heavy atom. The van der Waals surface area contributed by atoms with Crippen LogP contribution in [0.25, 0.3) is 0 Å². The molecule has 0 fully saturated rings. The van der Waals surface area contributed by atoms with E-state index in [4.69, 9.17) is 5.11 Å². The Morgan fingerprint density at radius 1 is 1.24 bits per heavy atom. The number of hydrogen-bond acceptors (Lipinski definition) is 3. The summed E-state index contributed by atoms with van der Waals surface area (Å²) in [4.78, 5) is 20.9. The molecule has 0 saturated heterocycles. The van der Waals surface area contributed by atoms with E-state index in [0.29, 0.717) is 19.5 Å². The molecular weight excluding hydrogens is 220 g/mol. The lowest BCUT2D eigenvalue weighted by Gasteiger charge is -2.14. The van der Waals surface area contributed by atoms with Crippen molar-refractivity contribution in [3.8, 4) is 0 Å². The third-order valence-electron chi connectivity index (χ3n) is 2.42. The summed E-state index contributed by atoms with van der Waals surface area (Å²) < 4.78 is 0. The Morgan fingerprint density at radius 3 is 2.53 bits per heavy atom. The number of carboxylic acid groups (broad SMARTS) is 1. The number of carboxylic acids is 1. The van der Waals surface area contributed by atoms with Gasteiger partial charge in [0.2, 0.25) is 0 Å². The molecule has 0 amide bonds. The van der Waals surface area contributed by atoms with Crippen LogP contribution in [0.5, 0.6) is 0 Å². The van der Waals surface area contributed by atoms with E-state index in [2.05, 4.69) is 5.29 Å². The van der Waals surface area contributed by atoms with Crippen molar-refractivity contribution in [2.45, 2.75) is 19.3 Å². The minimum absolute atomic E-state index is 0.0668. The fourth-order valence-electron chi connectivity index (χ4n) is 1.51. The summed E-state index contributed by atoms with van der Waals surface area (Å²) in [6.45, 7) is 0.912. The topological polar surface area (TPSA) is 70.0 Å². The molecule has 0 heterocycles. The first kappa shape index (κ1) is 13.2. The Kier molecular flexibility index (Phi) is 5.71. The van der Waals surface area contributed by atoms with Gasteiger partial charge in [-0.3, -0.25) is 9.80 Å². The second-order valence-electron chi connectivity index (χ2n) is 3.77. The van der Waals surface area contributed by atoms with Crippen molar-refractivity contribution in [1.29, 1.82) is 0 Å². The number of carbonyl (C=O) groups is 1. The van der Waals surface area contributed by atoms with E-state index in [1.165, 1.54) is 5.01 Å². The monoisotopic (exact) mass is 236 g/mol. The van der Waals surface area contributed by atoms with Gasteiger partial charge in [0, 0.05) is 19.5 Å². The van der Waals surface area contributed by atoms with E-state index in [0.717, 1.165) is 12.0 Å². The predicted molar refractivity (Wildman–Crippen MR) is 64.4 cm³/mol. The van der Waals surface area contributed by atoms with Crippen LogP contribution in [0.2, 0.25) is 0 Å². The van der Waals surface area contributed by atoms with Crippen molar-refractivity contribution in [3.05, 3.63) is 40.8 Å². The van der Waals surface area contributed by atoms with Gasteiger partial charge in [-0.25, -0.2) is 0 Å². The van der Waals surface area contributed by atoms with Crippen LogP contribution in [0, 0.1) is 4.91 Å². The quantitative estimate of drug-likeness (QED) is 0.554. The summed E-state index contributed by atoms with van der Waals surface area (Å²) in [5.41, 5.74) is 1.14. The smallest absolute Gasteiger partial charge is 0.303 e. The van der Waals surface area contributed by atoms with Crippen LogP contribution >= 0.6 is 0 Å². The highest BCUT2D eigenvalue weighted by Gasteiger charge is 2.05. The van der Waals surface area contributed by atoms with Crippen molar-refractivity contribution in [1.82, 2.24) is 5.01 Å². The zero-order valence-electron chi connectivity index (χ0n) is 9.58. The van der Waals surface area contributed by atoms with Crippen LogP contribution in [-0.4, -0.2) is 29.2 Å². The molecule has 0 aliphatic rings. The molecule has 0 radical (unpaired) electrons. The fourth-order valence-corrected chi connectivity index (χ4v) is 1.51. The van der Waals surface area contributed by atoms with E-state index in [1.54, 1.807) is 0 Å². The summed E-state index contributed by atoms with van der Waals surface area (Å²) in [5, 5.41) is 12.7. The highest BCUT2D eigenvalue weighted by molar-refractivity contribution is 5.66. The fraction of sp³-hybridized carbons (Fsp3) is 0.417. The van der Waals surface area contributed by atoms with Gasteiger partial charge in [-0.15, -0.1) is 4.91 Å². The second kappa shape index (κ2) is 7.38. The maximum atomic E-state index is 10.5. The van der Waals surface area contributed by atoms with Crippen molar-refractivity contribution in [2.75, 3.05) is 13.1 Å². The predicted octanol–water partition coefficient (Wildman–Crippen LogP) is 2.08. The molecule has 0 atom stereocenters. The Bertz CT molecular complexity index is 354. The van der Waals surface area contributed by atoms with Gasteiger partial charge in [0.15, 0.2) is 0 Å². The van der Waals surface area contributed by atoms with E-state index in [1.807, 2.05) is 30.3 Å². The van der Waals surface area contributed by atoms with Gasteiger partial charge in [-0.1, -0.05) is 30.3 Å². The van der Waals surface area contributed by atoms with E-state index in [-0.39, 0.29) is 6.42 Å². The summed E-state index contributed by atoms with van der Waals surface area (Å²) >= 11 is 0. The molecule has 5 heteroatoms. The van der Waals surface area contributed by atoms with Gasteiger partial charge in [0.05, 0.1) is 5.29 Å². The van der Waals surface area contributed by atoms with E-state index in [9.17, 15) is 9.70 Å². The first-order valence-electron chi connectivity index (χ1n) is 5.56. The molecule has 0 aliphatic carbocycles. The summed E-state index contributed by atoms with van der Waals surface area (Å²) in [6.07, 6.45) is 1.24. The lowest BCUT2D eigenvalue weighted by Crippen LogP contribution is -2.21. The molecule has 0 unspecified atom stereocenters. The molecule has 1 aromatic carbocycles. The third kappa shape index (κ3) is 5.65. The van der Waals surface area contributed by atoms with Crippen molar-refractivity contribution in [3.63, 3.8) is 0 Å². The van der Waals surface area contributed by atoms with Gasteiger partial charge < -0.3 is 5.11 Å². The molecule has 1 N–H and O–H groups in total. The number of aliphatic carboxylic acids is 1. The molecule has 1 rings (SSSR count). The molecule has 92 valence electrons. The zero-order valence-corrected chi connectivity index (χ0v) is 9.58. The zero-order chi connectivity index (χ0) is 12.5. The highest BCUT2D eigenvalue weighted by atomic mass is 16.4. The minimum atomic E-state index is -0.848. The highest BCUT2D eigenvalue weighted by Crippen LogP contribution is 2.03. The van der Waals surface area contributed by atoms with Gasteiger partial charge in [-0.05, 0) is 18.4 Å². The van der Waals surface area contributed by atoms with Crippen LogP contribution in [0.1, 0.15) is 18.4 Å². The maximum absolute atomic E-state index is 10.5. The molecule has 5 nitrogen and oxygen atoms in total. The largest absolute Gasteiger partial charge is 0.481 e. The van der Waals surface area contributed by atoms with Gasteiger partial charge in [0.1, 0.15) is 0 Å². The molecule has 0 aromatic heterocycles. The molecule has 1 aromatic rings. The average Bonchev–Trinajstić information content (AvgIpc) is 2.34. The lowest BCUT2D eigenvalue weighted by molar-refractivity contribution is -0.137. The van der Waals surface area contributed by atoms with E-state index >= 15 is 0 Å². The van der Waals surface area contributed by atoms with Crippen molar-refractivity contribution in [2.24, 2.45) is 5.29 Å². The van der Waals surface area contributed by atoms with Crippen LogP contribution in [0.3, 0.4) is 0 Å². The lowest BCUT2D eigenvalue weighted by atomic mass is 10.1. The molecular formula is C12H16N2O3. The van der Waals surface area contributed by atoms with Crippen LogP contribution in [-0.2, 0) is 11.2 Å². The molecule has 0 bridgehead atoms. The number of benzene rings is 1. The molecule has 17 heavy (non-hydrogen) atoms. The average molecular weight is 236 g/mol. The van der Waals surface area contributed by atoms with Crippen LogP contribution < -0.4 is 0 Å². The van der Waals surface area contributed by atoms with Crippen molar-refractivity contribution >= 4 is 5.97 Å². The Balaban J connectivity index is 2.27. The number of nitroso groups, excluding NO2 is 1. The van der Waals surface area contributed by atoms with Crippen LogP contribution in [0.15, 0.2) is 35.6 Å². The van der Waals surface area contributed by atoms with Crippen molar-refractivity contribution < 1.29 is 9.90 Å². The maximum Gasteiger partial charge on any atom is 0.303 e. The first-order chi connectivity index (χ1) is 8.22. The third-order valence-corrected chi connectivity index (χ3v) is 2.42.